The molecule has 0 bridgehead atoms. The maximum atomic E-state index is 12.2. The molecule has 0 saturated heterocycles. The second-order valence-electron chi connectivity index (χ2n) is 5.99. The maximum absolute atomic E-state index is 12.2. The first kappa shape index (κ1) is 19.0. The fourth-order valence-electron chi connectivity index (χ4n) is 2.54. The Labute approximate surface area is 166 Å². The van der Waals surface area contributed by atoms with E-state index in [1.165, 1.54) is 18.3 Å². The average molecular weight is 402 g/mol. The van der Waals surface area contributed by atoms with Crippen LogP contribution in [0.2, 0.25) is 10.0 Å². The van der Waals surface area contributed by atoms with Crippen molar-refractivity contribution in [3.8, 4) is 5.75 Å². The molecule has 0 aliphatic heterocycles. The SMILES string of the molecule is C[C@H](Nc1ccc2ccccc2c1)C(=O)N/N=C\c1cc(Cl)cc(Cl)c1O. The summed E-state index contributed by atoms with van der Waals surface area (Å²) in [5.41, 5.74) is 3.57. The number of carbonyl (C=O) groups is 1. The van der Waals surface area contributed by atoms with Crippen LogP contribution < -0.4 is 10.7 Å². The van der Waals surface area contributed by atoms with Crippen molar-refractivity contribution in [1.82, 2.24) is 5.43 Å². The van der Waals surface area contributed by atoms with Crippen LogP contribution in [-0.2, 0) is 4.79 Å². The minimum Gasteiger partial charge on any atom is -0.506 e. The van der Waals surface area contributed by atoms with Crippen molar-refractivity contribution < 1.29 is 9.90 Å². The van der Waals surface area contributed by atoms with Crippen molar-refractivity contribution in [2.45, 2.75) is 13.0 Å². The van der Waals surface area contributed by atoms with Gasteiger partial charge >= 0.3 is 0 Å². The summed E-state index contributed by atoms with van der Waals surface area (Å²) in [6.07, 6.45) is 1.29. The zero-order chi connectivity index (χ0) is 19.4. The summed E-state index contributed by atoms with van der Waals surface area (Å²) in [6, 6.07) is 16.3. The summed E-state index contributed by atoms with van der Waals surface area (Å²) in [6.45, 7) is 1.73. The number of carbonyl (C=O) groups excluding carboxylic acids is 1. The number of phenols is 1. The Morgan fingerprint density at radius 3 is 2.63 bits per heavy atom. The van der Waals surface area contributed by atoms with Crippen molar-refractivity contribution in [2.75, 3.05) is 5.32 Å². The number of aromatic hydroxyl groups is 1. The van der Waals surface area contributed by atoms with E-state index in [-0.39, 0.29) is 16.7 Å². The molecule has 0 radical (unpaired) electrons. The predicted octanol–water partition coefficient (Wildman–Crippen LogP) is 4.80. The smallest absolute Gasteiger partial charge is 0.262 e. The van der Waals surface area contributed by atoms with Gasteiger partial charge in [-0.1, -0.05) is 53.5 Å². The fraction of sp³-hybridized carbons (Fsp3) is 0.100. The second-order valence-corrected chi connectivity index (χ2v) is 6.83. The van der Waals surface area contributed by atoms with E-state index in [1.54, 1.807) is 6.92 Å². The molecule has 0 unspecified atom stereocenters. The molecule has 7 heteroatoms. The van der Waals surface area contributed by atoms with E-state index in [2.05, 4.69) is 15.8 Å². The number of fused-ring (bicyclic) bond motifs is 1. The standard InChI is InChI=1S/C20H17Cl2N3O2/c1-12(24-17-7-6-13-4-2-3-5-14(13)9-17)20(27)25-23-11-15-8-16(21)10-18(22)19(15)26/h2-12,24,26H,1H3,(H,25,27)/b23-11-/t12-/m0/s1. The van der Waals surface area contributed by atoms with Gasteiger partial charge < -0.3 is 10.4 Å². The lowest BCUT2D eigenvalue weighted by Gasteiger charge is -2.14. The Morgan fingerprint density at radius 2 is 1.85 bits per heavy atom. The van der Waals surface area contributed by atoms with Crippen LogP contribution in [-0.4, -0.2) is 23.3 Å². The highest BCUT2D eigenvalue weighted by Gasteiger charge is 2.12. The van der Waals surface area contributed by atoms with Crippen molar-refractivity contribution in [1.29, 1.82) is 0 Å². The summed E-state index contributed by atoms with van der Waals surface area (Å²) < 4.78 is 0. The zero-order valence-electron chi connectivity index (χ0n) is 14.4. The topological polar surface area (TPSA) is 73.7 Å². The Kier molecular flexibility index (Phi) is 5.84. The van der Waals surface area contributed by atoms with Gasteiger partial charge in [-0.3, -0.25) is 4.79 Å². The van der Waals surface area contributed by atoms with Crippen molar-refractivity contribution in [2.24, 2.45) is 5.10 Å². The molecule has 0 aliphatic carbocycles. The van der Waals surface area contributed by atoms with Gasteiger partial charge in [0.25, 0.3) is 5.91 Å². The van der Waals surface area contributed by atoms with Crippen LogP contribution in [0.15, 0.2) is 59.7 Å². The lowest BCUT2D eigenvalue weighted by Crippen LogP contribution is -2.34. The number of nitrogens with one attached hydrogen (secondary N) is 2. The quantitative estimate of drug-likeness (QED) is 0.424. The summed E-state index contributed by atoms with van der Waals surface area (Å²) in [5, 5.41) is 19.5. The van der Waals surface area contributed by atoms with Gasteiger partial charge in [0, 0.05) is 16.3 Å². The third-order valence-corrected chi connectivity index (χ3v) is 4.47. The first-order valence-electron chi connectivity index (χ1n) is 8.20. The first-order chi connectivity index (χ1) is 12.9. The number of hydrogen-bond donors (Lipinski definition) is 3. The normalized spacial score (nSPS) is 12.3. The molecule has 0 heterocycles. The summed E-state index contributed by atoms with van der Waals surface area (Å²) in [5.74, 6) is -0.478. The zero-order valence-corrected chi connectivity index (χ0v) is 15.9. The van der Waals surface area contributed by atoms with E-state index in [0.717, 1.165) is 16.5 Å². The predicted molar refractivity (Wildman–Crippen MR) is 111 cm³/mol. The highest BCUT2D eigenvalue weighted by atomic mass is 35.5. The molecule has 1 amide bonds. The second kappa shape index (κ2) is 8.29. The number of amides is 1. The monoisotopic (exact) mass is 401 g/mol. The highest BCUT2D eigenvalue weighted by molar-refractivity contribution is 6.36. The first-order valence-corrected chi connectivity index (χ1v) is 8.96. The molecule has 0 fully saturated rings. The number of hydrazone groups is 1. The number of hydrogen-bond acceptors (Lipinski definition) is 4. The van der Waals surface area contributed by atoms with Gasteiger partial charge in [0.15, 0.2) is 0 Å². The van der Waals surface area contributed by atoms with Crippen LogP contribution in [0.1, 0.15) is 12.5 Å². The van der Waals surface area contributed by atoms with Gasteiger partial charge in [0.2, 0.25) is 0 Å². The number of halogens is 2. The number of anilines is 1. The Morgan fingerprint density at radius 1 is 1.11 bits per heavy atom. The molecule has 0 spiro atoms. The van der Waals surface area contributed by atoms with Crippen LogP contribution >= 0.6 is 23.2 Å². The van der Waals surface area contributed by atoms with Crippen LogP contribution in [0, 0.1) is 0 Å². The molecule has 0 aliphatic rings. The molecule has 0 saturated carbocycles. The third kappa shape index (κ3) is 4.70. The van der Waals surface area contributed by atoms with Gasteiger partial charge in [0.05, 0.1) is 11.2 Å². The van der Waals surface area contributed by atoms with E-state index in [4.69, 9.17) is 23.2 Å². The summed E-state index contributed by atoms with van der Waals surface area (Å²) in [4.78, 5) is 12.2. The van der Waals surface area contributed by atoms with Crippen molar-refractivity contribution in [3.05, 3.63) is 70.2 Å². The minimum atomic E-state index is -0.514. The highest BCUT2D eigenvalue weighted by Crippen LogP contribution is 2.29. The van der Waals surface area contributed by atoms with Gasteiger partial charge in [-0.15, -0.1) is 0 Å². The molecule has 1 atom stereocenters. The molecule has 3 rings (SSSR count). The molecular weight excluding hydrogens is 385 g/mol. The van der Waals surface area contributed by atoms with Crippen LogP contribution in [0.4, 0.5) is 5.69 Å². The van der Waals surface area contributed by atoms with Crippen LogP contribution in [0.3, 0.4) is 0 Å². The number of rotatable bonds is 5. The Balaban J connectivity index is 1.63. The van der Waals surface area contributed by atoms with E-state index < -0.39 is 6.04 Å². The lowest BCUT2D eigenvalue weighted by molar-refractivity contribution is -0.121. The van der Waals surface area contributed by atoms with Crippen LogP contribution in [0.5, 0.6) is 5.75 Å². The molecule has 0 aromatic heterocycles. The van der Waals surface area contributed by atoms with Gasteiger partial charge in [0.1, 0.15) is 11.8 Å². The van der Waals surface area contributed by atoms with Gasteiger partial charge in [-0.2, -0.15) is 5.10 Å². The minimum absolute atomic E-state index is 0.113. The number of benzene rings is 3. The van der Waals surface area contributed by atoms with Crippen LogP contribution in [0.25, 0.3) is 10.8 Å². The van der Waals surface area contributed by atoms with Crippen molar-refractivity contribution >= 4 is 51.8 Å². The Hall–Kier alpha value is -2.76. The molecule has 3 aromatic carbocycles. The van der Waals surface area contributed by atoms with Gasteiger partial charge in [-0.25, -0.2) is 5.43 Å². The van der Waals surface area contributed by atoms with E-state index in [9.17, 15) is 9.90 Å². The van der Waals surface area contributed by atoms with Crippen molar-refractivity contribution in [3.63, 3.8) is 0 Å². The largest absolute Gasteiger partial charge is 0.506 e. The molecule has 138 valence electrons. The molecule has 5 nitrogen and oxygen atoms in total. The van der Waals surface area contributed by atoms with E-state index in [1.807, 2.05) is 42.5 Å². The summed E-state index contributed by atoms with van der Waals surface area (Å²) >= 11 is 11.7. The lowest BCUT2D eigenvalue weighted by atomic mass is 10.1. The number of nitrogens with zero attached hydrogens (tertiary/aromatic N) is 1. The number of phenolic OH excluding ortho intramolecular Hbond substituents is 1. The fourth-order valence-corrected chi connectivity index (χ4v) is 3.05. The maximum Gasteiger partial charge on any atom is 0.262 e. The third-order valence-electron chi connectivity index (χ3n) is 3.96. The molecule has 3 N–H and O–H groups in total. The molecule has 3 aromatic rings. The molecular formula is C20H17Cl2N3O2. The molecule has 27 heavy (non-hydrogen) atoms. The average Bonchev–Trinajstić information content (AvgIpc) is 2.65. The Bertz CT molecular complexity index is 1020. The van der Waals surface area contributed by atoms with E-state index in [0.29, 0.717) is 10.6 Å². The van der Waals surface area contributed by atoms with E-state index >= 15 is 0 Å². The van der Waals surface area contributed by atoms with Gasteiger partial charge in [-0.05, 0) is 42.0 Å². The summed E-state index contributed by atoms with van der Waals surface area (Å²) in [7, 11) is 0.